The van der Waals surface area contributed by atoms with Crippen molar-refractivity contribution in [3.63, 3.8) is 0 Å². The van der Waals surface area contributed by atoms with Crippen LogP contribution >= 0.6 is 54.8 Å². The molecule has 0 bridgehead atoms. The monoisotopic (exact) mass is 380 g/mol. The van der Waals surface area contributed by atoms with E-state index in [1.807, 2.05) is 24.3 Å². The quantitative estimate of drug-likeness (QED) is 0.774. The average molecular weight is 383 g/mol. The summed E-state index contributed by atoms with van der Waals surface area (Å²) < 4.78 is 1.84. The van der Waals surface area contributed by atoms with E-state index < -0.39 is 6.10 Å². The van der Waals surface area contributed by atoms with Crippen molar-refractivity contribution in [2.75, 3.05) is 0 Å². The number of benzene rings is 1. The van der Waals surface area contributed by atoms with Crippen LogP contribution in [-0.4, -0.2) is 5.11 Å². The highest BCUT2D eigenvalue weighted by atomic mass is 79.9. The molecule has 0 saturated carbocycles. The molecular formula is C11H7Br2ClOS. The van der Waals surface area contributed by atoms with Crippen molar-refractivity contribution in [2.24, 2.45) is 0 Å². The van der Waals surface area contributed by atoms with Gasteiger partial charge in [-0.1, -0.05) is 17.7 Å². The van der Waals surface area contributed by atoms with Gasteiger partial charge in [-0.15, -0.1) is 11.3 Å². The molecule has 84 valence electrons. The van der Waals surface area contributed by atoms with E-state index in [4.69, 9.17) is 11.6 Å². The molecule has 0 spiro atoms. The summed E-state index contributed by atoms with van der Waals surface area (Å²) in [6.45, 7) is 0. The lowest BCUT2D eigenvalue weighted by Crippen LogP contribution is -1.96. The summed E-state index contributed by atoms with van der Waals surface area (Å²) in [5, 5.41) is 10.7. The van der Waals surface area contributed by atoms with Gasteiger partial charge in [0.1, 0.15) is 6.10 Å². The highest BCUT2D eigenvalue weighted by molar-refractivity contribution is 9.11. The minimum absolute atomic E-state index is 0.604. The van der Waals surface area contributed by atoms with Crippen molar-refractivity contribution in [3.05, 3.63) is 54.1 Å². The Morgan fingerprint density at radius 1 is 1.19 bits per heavy atom. The van der Waals surface area contributed by atoms with Crippen LogP contribution in [0.15, 0.2) is 38.6 Å². The fourth-order valence-electron chi connectivity index (χ4n) is 1.32. The van der Waals surface area contributed by atoms with Gasteiger partial charge in [0, 0.05) is 9.35 Å². The number of thiophene rings is 1. The van der Waals surface area contributed by atoms with Gasteiger partial charge in [-0.05, 0) is 61.7 Å². The highest BCUT2D eigenvalue weighted by Gasteiger charge is 2.13. The molecule has 0 aliphatic carbocycles. The van der Waals surface area contributed by atoms with Crippen molar-refractivity contribution in [1.82, 2.24) is 0 Å². The molecule has 1 nitrogen and oxygen atoms in total. The zero-order chi connectivity index (χ0) is 11.7. The Morgan fingerprint density at radius 2 is 1.94 bits per heavy atom. The summed E-state index contributed by atoms with van der Waals surface area (Å²) >= 11 is 14.2. The molecular weight excluding hydrogens is 375 g/mol. The molecule has 5 heteroatoms. The van der Waals surface area contributed by atoms with Crippen LogP contribution in [0.4, 0.5) is 0 Å². The van der Waals surface area contributed by atoms with E-state index in [2.05, 4.69) is 31.9 Å². The lowest BCUT2D eigenvalue weighted by atomic mass is 10.1. The Balaban J connectivity index is 2.33. The maximum Gasteiger partial charge on any atom is 0.113 e. The molecule has 2 aromatic rings. The number of halogens is 3. The minimum atomic E-state index is -0.623. The maximum atomic E-state index is 10.1. The van der Waals surface area contributed by atoms with Crippen LogP contribution in [-0.2, 0) is 0 Å². The van der Waals surface area contributed by atoms with E-state index in [-0.39, 0.29) is 0 Å². The second kappa shape index (κ2) is 5.19. The molecule has 0 saturated heterocycles. The highest BCUT2D eigenvalue weighted by Crippen LogP contribution is 2.33. The van der Waals surface area contributed by atoms with Gasteiger partial charge >= 0.3 is 0 Å². The smallest absolute Gasteiger partial charge is 0.113 e. The summed E-state index contributed by atoms with van der Waals surface area (Å²) in [7, 11) is 0. The molecule has 0 amide bonds. The van der Waals surface area contributed by atoms with Crippen molar-refractivity contribution in [1.29, 1.82) is 0 Å². The summed E-state index contributed by atoms with van der Waals surface area (Å²) in [6, 6.07) is 9.28. The van der Waals surface area contributed by atoms with Gasteiger partial charge < -0.3 is 5.11 Å². The van der Waals surface area contributed by atoms with Gasteiger partial charge in [0.25, 0.3) is 0 Å². The predicted octanol–water partition coefficient (Wildman–Crippen LogP) is 5.01. The third-order valence-corrected chi connectivity index (χ3v) is 5.03. The first-order chi connectivity index (χ1) is 7.58. The Labute approximate surface area is 119 Å². The molecule has 0 aliphatic rings. The third-order valence-electron chi connectivity index (χ3n) is 2.12. The van der Waals surface area contributed by atoms with Crippen LogP contribution in [0, 0.1) is 0 Å². The number of aliphatic hydroxyl groups is 1. The van der Waals surface area contributed by atoms with Crippen LogP contribution < -0.4 is 0 Å². The SMILES string of the molecule is OC(c1ccc(Br)c(Cl)c1)c1ccc(Br)s1. The Morgan fingerprint density at radius 3 is 2.50 bits per heavy atom. The van der Waals surface area contributed by atoms with Crippen molar-refractivity contribution in [2.45, 2.75) is 6.10 Å². The fraction of sp³-hybridized carbons (Fsp3) is 0.0909. The zero-order valence-electron chi connectivity index (χ0n) is 7.95. The second-order valence-electron chi connectivity index (χ2n) is 3.22. The van der Waals surface area contributed by atoms with Gasteiger partial charge in [0.15, 0.2) is 0 Å². The second-order valence-corrected chi connectivity index (χ2v) is 6.97. The predicted molar refractivity (Wildman–Crippen MR) is 75.2 cm³/mol. The van der Waals surface area contributed by atoms with E-state index in [9.17, 15) is 5.11 Å². The first-order valence-electron chi connectivity index (χ1n) is 4.46. The van der Waals surface area contributed by atoms with Crippen LogP contribution in [0.3, 0.4) is 0 Å². The molecule has 1 heterocycles. The summed E-state index contributed by atoms with van der Waals surface area (Å²) in [6.07, 6.45) is -0.623. The van der Waals surface area contributed by atoms with E-state index in [0.29, 0.717) is 5.02 Å². The Hall–Kier alpha value is 0.130. The van der Waals surface area contributed by atoms with Gasteiger partial charge in [-0.2, -0.15) is 0 Å². The maximum absolute atomic E-state index is 10.1. The van der Waals surface area contributed by atoms with E-state index in [1.54, 1.807) is 6.07 Å². The molecule has 0 aliphatic heterocycles. The molecule has 1 atom stereocenters. The van der Waals surface area contributed by atoms with Crippen molar-refractivity contribution < 1.29 is 5.11 Å². The van der Waals surface area contributed by atoms with Gasteiger partial charge in [0.05, 0.1) is 8.81 Å². The van der Waals surface area contributed by atoms with Gasteiger partial charge in [-0.3, -0.25) is 0 Å². The number of hydrogen-bond acceptors (Lipinski definition) is 2. The summed E-state index contributed by atoms with van der Waals surface area (Å²) in [5.41, 5.74) is 0.794. The Bertz CT molecular complexity index is 512. The fourth-order valence-corrected chi connectivity index (χ4v) is 3.20. The topological polar surface area (TPSA) is 20.2 Å². The van der Waals surface area contributed by atoms with E-state index in [1.165, 1.54) is 11.3 Å². The van der Waals surface area contributed by atoms with Gasteiger partial charge in [0.2, 0.25) is 0 Å². The lowest BCUT2D eigenvalue weighted by Gasteiger charge is -2.09. The standard InChI is InChI=1S/C11H7Br2ClOS/c12-7-2-1-6(5-8(7)14)11(15)9-3-4-10(13)16-9/h1-5,11,15H. The molecule has 0 radical (unpaired) electrons. The van der Waals surface area contributed by atoms with E-state index >= 15 is 0 Å². The first-order valence-corrected chi connectivity index (χ1v) is 7.24. The normalized spacial score (nSPS) is 12.8. The summed E-state index contributed by atoms with van der Waals surface area (Å²) in [4.78, 5) is 0.894. The molecule has 16 heavy (non-hydrogen) atoms. The number of aliphatic hydroxyl groups excluding tert-OH is 1. The van der Waals surface area contributed by atoms with Crippen LogP contribution in [0.5, 0.6) is 0 Å². The van der Waals surface area contributed by atoms with Gasteiger partial charge in [-0.25, -0.2) is 0 Å². The van der Waals surface area contributed by atoms with Crippen molar-refractivity contribution >= 4 is 54.8 Å². The van der Waals surface area contributed by atoms with Crippen LogP contribution in [0.2, 0.25) is 5.02 Å². The molecule has 2 rings (SSSR count). The van der Waals surface area contributed by atoms with Crippen molar-refractivity contribution in [3.8, 4) is 0 Å². The zero-order valence-corrected chi connectivity index (χ0v) is 12.7. The Kier molecular flexibility index (Phi) is 4.08. The molecule has 1 aromatic carbocycles. The lowest BCUT2D eigenvalue weighted by molar-refractivity contribution is 0.224. The number of rotatable bonds is 2. The summed E-state index contributed by atoms with van der Waals surface area (Å²) in [5.74, 6) is 0. The van der Waals surface area contributed by atoms with Crippen LogP contribution in [0.1, 0.15) is 16.5 Å². The third kappa shape index (κ3) is 2.68. The molecule has 1 aromatic heterocycles. The first kappa shape index (κ1) is 12.6. The molecule has 1 N–H and O–H groups in total. The number of hydrogen-bond donors (Lipinski definition) is 1. The van der Waals surface area contributed by atoms with E-state index in [0.717, 1.165) is 18.7 Å². The molecule has 1 unspecified atom stereocenters. The minimum Gasteiger partial charge on any atom is -0.383 e. The average Bonchev–Trinajstić information content (AvgIpc) is 2.68. The van der Waals surface area contributed by atoms with Crippen LogP contribution in [0.25, 0.3) is 0 Å². The molecule has 0 fully saturated rings. The largest absolute Gasteiger partial charge is 0.383 e.